The first-order chi connectivity index (χ1) is 10.3. The highest BCUT2D eigenvalue weighted by Crippen LogP contribution is 2.43. The van der Waals surface area contributed by atoms with Gasteiger partial charge >= 0.3 is 0 Å². The lowest BCUT2D eigenvalue weighted by Crippen LogP contribution is -2.23. The molecule has 0 spiro atoms. The summed E-state index contributed by atoms with van der Waals surface area (Å²) in [5.41, 5.74) is 5.46. The molecule has 1 aliphatic rings. The molecule has 0 N–H and O–H groups in total. The maximum atomic E-state index is 10.4. The maximum Gasteiger partial charge on any atom is 0.143 e. The van der Waals surface area contributed by atoms with Gasteiger partial charge in [-0.2, -0.15) is 0 Å². The average Bonchev–Trinajstić information content (AvgIpc) is 2.43. The molecule has 0 fully saturated rings. The fraction of sp³-hybridized carbons (Fsp3) is 0.476. The Morgan fingerprint density at radius 2 is 1.77 bits per heavy atom. The first-order valence-electron chi connectivity index (χ1n) is 8.14. The standard InChI is InChI=1S/C21H30O/c1-16(8-7-9-17(2)13-15-22)10-11-20-19(4)18(3)12-14-21(20,5)6/h7-11,13,15,18H,12,14H2,1-6H3/b9-7-,11-10+,16-8+,17-13+/t18-/m1/s1. The minimum Gasteiger partial charge on any atom is -0.299 e. The summed E-state index contributed by atoms with van der Waals surface area (Å²) in [7, 11) is 0. The van der Waals surface area contributed by atoms with Crippen molar-refractivity contribution in [3.63, 3.8) is 0 Å². The first kappa shape index (κ1) is 18.4. The minimum atomic E-state index is 0.270. The monoisotopic (exact) mass is 298 g/mol. The van der Waals surface area contributed by atoms with Crippen LogP contribution in [0.15, 0.2) is 58.7 Å². The van der Waals surface area contributed by atoms with Crippen LogP contribution in [0.1, 0.15) is 54.4 Å². The molecule has 1 nitrogen and oxygen atoms in total. The molecule has 0 saturated carbocycles. The van der Waals surface area contributed by atoms with Crippen LogP contribution in [0.2, 0.25) is 0 Å². The van der Waals surface area contributed by atoms with Gasteiger partial charge in [0.1, 0.15) is 6.29 Å². The van der Waals surface area contributed by atoms with E-state index in [1.807, 2.05) is 19.1 Å². The van der Waals surface area contributed by atoms with Gasteiger partial charge in [-0.3, -0.25) is 4.79 Å². The van der Waals surface area contributed by atoms with Crippen molar-refractivity contribution in [3.8, 4) is 0 Å². The summed E-state index contributed by atoms with van der Waals surface area (Å²) in [4.78, 5) is 10.4. The van der Waals surface area contributed by atoms with E-state index >= 15 is 0 Å². The van der Waals surface area contributed by atoms with Crippen molar-refractivity contribution in [2.45, 2.75) is 54.4 Å². The summed E-state index contributed by atoms with van der Waals surface area (Å²) in [5, 5.41) is 0. The molecule has 0 aromatic carbocycles. The Morgan fingerprint density at radius 3 is 2.41 bits per heavy atom. The zero-order valence-corrected chi connectivity index (χ0v) is 14.9. The Hall–Kier alpha value is -1.63. The molecule has 1 rings (SSSR count). The van der Waals surface area contributed by atoms with Gasteiger partial charge in [0, 0.05) is 0 Å². The predicted molar refractivity (Wildman–Crippen MR) is 96.7 cm³/mol. The summed E-state index contributed by atoms with van der Waals surface area (Å²) >= 11 is 0. The smallest absolute Gasteiger partial charge is 0.143 e. The molecule has 1 atom stereocenters. The van der Waals surface area contributed by atoms with Crippen molar-refractivity contribution >= 4 is 6.29 Å². The number of rotatable bonds is 5. The molecular formula is C21H30O. The summed E-state index contributed by atoms with van der Waals surface area (Å²) in [6, 6.07) is 0. The van der Waals surface area contributed by atoms with Crippen LogP contribution in [-0.2, 0) is 4.79 Å². The number of hydrogen-bond donors (Lipinski definition) is 0. The normalized spacial score (nSPS) is 23.6. The largest absolute Gasteiger partial charge is 0.299 e. The highest BCUT2D eigenvalue weighted by atomic mass is 16.1. The van der Waals surface area contributed by atoms with E-state index in [0.717, 1.165) is 11.9 Å². The summed E-state index contributed by atoms with van der Waals surface area (Å²) in [5.74, 6) is 0.688. The van der Waals surface area contributed by atoms with Crippen molar-refractivity contribution in [1.29, 1.82) is 0 Å². The lowest BCUT2D eigenvalue weighted by Gasteiger charge is -2.36. The molecule has 0 unspecified atom stereocenters. The zero-order valence-electron chi connectivity index (χ0n) is 14.9. The Balaban J connectivity index is 2.88. The van der Waals surface area contributed by atoms with Crippen LogP contribution in [0.5, 0.6) is 0 Å². The van der Waals surface area contributed by atoms with Crippen molar-refractivity contribution in [3.05, 3.63) is 58.7 Å². The maximum absolute atomic E-state index is 10.4. The highest BCUT2D eigenvalue weighted by Gasteiger charge is 2.29. The third-order valence-electron chi connectivity index (χ3n) is 4.66. The van der Waals surface area contributed by atoms with Crippen LogP contribution in [0, 0.1) is 11.3 Å². The predicted octanol–water partition coefficient (Wildman–Crippen LogP) is 5.96. The van der Waals surface area contributed by atoms with Crippen molar-refractivity contribution in [2.75, 3.05) is 0 Å². The van der Waals surface area contributed by atoms with Crippen molar-refractivity contribution in [1.82, 2.24) is 0 Å². The topological polar surface area (TPSA) is 17.1 Å². The fourth-order valence-corrected chi connectivity index (χ4v) is 2.87. The van der Waals surface area contributed by atoms with Gasteiger partial charge in [0.25, 0.3) is 0 Å². The van der Waals surface area contributed by atoms with E-state index in [1.165, 1.54) is 29.6 Å². The van der Waals surface area contributed by atoms with E-state index in [4.69, 9.17) is 0 Å². The van der Waals surface area contributed by atoms with E-state index in [9.17, 15) is 4.79 Å². The van der Waals surface area contributed by atoms with Crippen LogP contribution in [0.3, 0.4) is 0 Å². The van der Waals surface area contributed by atoms with Crippen LogP contribution in [-0.4, -0.2) is 6.29 Å². The van der Waals surface area contributed by atoms with Gasteiger partial charge in [-0.05, 0) is 62.2 Å². The van der Waals surface area contributed by atoms with Gasteiger partial charge in [0.2, 0.25) is 0 Å². The van der Waals surface area contributed by atoms with Gasteiger partial charge in [-0.1, -0.05) is 62.3 Å². The lowest BCUT2D eigenvalue weighted by atomic mass is 9.69. The molecule has 0 bridgehead atoms. The second-order valence-electron chi connectivity index (χ2n) is 7.07. The average molecular weight is 298 g/mol. The molecule has 0 saturated heterocycles. The van der Waals surface area contributed by atoms with E-state index in [2.05, 4.69) is 52.8 Å². The number of hydrogen-bond acceptors (Lipinski definition) is 1. The molecule has 0 amide bonds. The Labute approximate surface area is 136 Å². The minimum absolute atomic E-state index is 0.270. The Kier molecular flexibility index (Phi) is 6.80. The number of aldehydes is 1. The van der Waals surface area contributed by atoms with Gasteiger partial charge < -0.3 is 0 Å². The second kappa shape index (κ2) is 8.12. The molecule has 0 aliphatic heterocycles. The molecular weight excluding hydrogens is 268 g/mol. The van der Waals surface area contributed by atoms with Gasteiger partial charge in [-0.15, -0.1) is 0 Å². The first-order valence-corrected chi connectivity index (χ1v) is 8.14. The number of carbonyl (C=O) groups is 1. The molecule has 0 radical (unpaired) electrons. The van der Waals surface area contributed by atoms with Crippen molar-refractivity contribution in [2.24, 2.45) is 11.3 Å². The third kappa shape index (κ3) is 5.29. The highest BCUT2D eigenvalue weighted by molar-refractivity contribution is 5.66. The third-order valence-corrected chi connectivity index (χ3v) is 4.66. The summed E-state index contributed by atoms with van der Waals surface area (Å²) in [6.07, 6.45) is 15.4. The van der Waals surface area contributed by atoms with Crippen LogP contribution in [0.4, 0.5) is 0 Å². The number of allylic oxidation sites excluding steroid dienone is 10. The molecule has 22 heavy (non-hydrogen) atoms. The van der Waals surface area contributed by atoms with Gasteiger partial charge in [0.05, 0.1) is 0 Å². The molecule has 0 heterocycles. The van der Waals surface area contributed by atoms with Crippen LogP contribution < -0.4 is 0 Å². The van der Waals surface area contributed by atoms with E-state index in [1.54, 1.807) is 6.08 Å². The lowest BCUT2D eigenvalue weighted by molar-refractivity contribution is -0.104. The molecule has 0 aromatic rings. The van der Waals surface area contributed by atoms with Crippen LogP contribution >= 0.6 is 0 Å². The second-order valence-corrected chi connectivity index (χ2v) is 7.07. The van der Waals surface area contributed by atoms with Crippen LogP contribution in [0.25, 0.3) is 0 Å². The quantitative estimate of drug-likeness (QED) is 0.347. The van der Waals surface area contributed by atoms with E-state index in [0.29, 0.717) is 5.92 Å². The molecule has 1 aliphatic carbocycles. The SMILES string of the molecule is CC1=C(/C=C/C(C)=C/C=C\C(C)=C\C=O)C(C)(C)CC[C@H]1C. The fourth-order valence-electron chi connectivity index (χ4n) is 2.87. The number of carbonyl (C=O) groups excluding carboxylic acids is 1. The van der Waals surface area contributed by atoms with Gasteiger partial charge in [-0.25, -0.2) is 0 Å². The summed E-state index contributed by atoms with van der Waals surface area (Å²) < 4.78 is 0. The van der Waals surface area contributed by atoms with Crippen molar-refractivity contribution < 1.29 is 4.79 Å². The molecule has 0 aromatic heterocycles. The Morgan fingerprint density at radius 1 is 1.14 bits per heavy atom. The van der Waals surface area contributed by atoms with E-state index in [-0.39, 0.29) is 5.41 Å². The zero-order chi connectivity index (χ0) is 16.8. The molecule has 1 heteroatoms. The van der Waals surface area contributed by atoms with E-state index < -0.39 is 0 Å². The Bertz CT molecular complexity index is 550. The summed E-state index contributed by atoms with van der Waals surface area (Å²) in [6.45, 7) is 13.3. The van der Waals surface area contributed by atoms with Gasteiger partial charge in [0.15, 0.2) is 0 Å². The molecule has 120 valence electrons.